The number of hydrogen-bond acceptors (Lipinski definition) is 3. The largest absolute Gasteiger partial charge is 0.325 e. The summed E-state index contributed by atoms with van der Waals surface area (Å²) in [6.45, 7) is 3.59. The summed E-state index contributed by atoms with van der Waals surface area (Å²) in [7, 11) is -3.87. The monoisotopic (exact) mass is 350 g/mol. The molecule has 0 aliphatic heterocycles. The molecule has 7 heteroatoms. The molecular weight excluding hydrogens is 331 g/mol. The Bertz CT molecular complexity index is 818. The molecule has 2 N–H and O–H groups in total. The van der Waals surface area contributed by atoms with Gasteiger partial charge in [-0.15, -0.1) is 0 Å². The fourth-order valence-electron chi connectivity index (χ4n) is 2.17. The van der Waals surface area contributed by atoms with E-state index >= 15 is 0 Å². The van der Waals surface area contributed by atoms with Gasteiger partial charge in [-0.05, 0) is 41.8 Å². The van der Waals surface area contributed by atoms with Crippen LogP contribution >= 0.6 is 0 Å². The number of nitrogens with one attached hydrogen (secondary N) is 2. The number of rotatable bonds is 6. The van der Waals surface area contributed by atoms with Gasteiger partial charge in [0, 0.05) is 5.69 Å². The third-order valence-electron chi connectivity index (χ3n) is 3.40. The normalized spacial score (nSPS) is 11.5. The minimum atomic E-state index is -3.87. The van der Waals surface area contributed by atoms with Crippen LogP contribution in [0.4, 0.5) is 10.1 Å². The van der Waals surface area contributed by atoms with Crippen LogP contribution in [0, 0.1) is 5.82 Å². The first-order valence-electron chi connectivity index (χ1n) is 7.43. The molecule has 0 spiro atoms. The predicted octanol–water partition coefficient (Wildman–Crippen LogP) is 2.87. The lowest BCUT2D eigenvalue weighted by Crippen LogP contribution is -2.33. The molecule has 5 nitrogen and oxygen atoms in total. The van der Waals surface area contributed by atoms with E-state index in [0.29, 0.717) is 5.69 Å². The average molecular weight is 350 g/mol. The maximum atomic E-state index is 12.9. The van der Waals surface area contributed by atoms with Crippen LogP contribution in [0.1, 0.15) is 25.3 Å². The van der Waals surface area contributed by atoms with E-state index in [0.717, 1.165) is 29.8 Å². The second-order valence-corrected chi connectivity index (χ2v) is 7.34. The van der Waals surface area contributed by atoms with Crippen LogP contribution < -0.4 is 10.0 Å². The Hall–Kier alpha value is -2.25. The van der Waals surface area contributed by atoms with E-state index in [-0.39, 0.29) is 10.8 Å². The summed E-state index contributed by atoms with van der Waals surface area (Å²) in [5.74, 6) is -0.789. The Morgan fingerprint density at radius 2 is 1.71 bits per heavy atom. The van der Waals surface area contributed by atoms with Crippen molar-refractivity contribution in [2.24, 2.45) is 0 Å². The van der Waals surface area contributed by atoms with E-state index in [1.165, 1.54) is 0 Å². The highest BCUT2D eigenvalue weighted by Crippen LogP contribution is 2.23. The first-order chi connectivity index (χ1) is 11.3. The molecule has 0 radical (unpaired) electrons. The van der Waals surface area contributed by atoms with Crippen LogP contribution in [0.3, 0.4) is 0 Å². The maximum absolute atomic E-state index is 12.9. The number of amides is 1. The van der Waals surface area contributed by atoms with E-state index in [1.54, 1.807) is 12.1 Å². The molecule has 2 aromatic carbocycles. The minimum absolute atomic E-state index is 0.0979. The molecule has 0 bridgehead atoms. The second-order valence-electron chi connectivity index (χ2n) is 5.57. The van der Waals surface area contributed by atoms with E-state index in [1.807, 2.05) is 26.0 Å². The van der Waals surface area contributed by atoms with Gasteiger partial charge in [0.1, 0.15) is 5.82 Å². The molecule has 0 heterocycles. The van der Waals surface area contributed by atoms with Crippen molar-refractivity contribution in [1.82, 2.24) is 4.72 Å². The third kappa shape index (κ3) is 4.62. The first kappa shape index (κ1) is 18.1. The van der Waals surface area contributed by atoms with E-state index in [9.17, 15) is 17.6 Å². The fourth-order valence-corrected chi connectivity index (χ4v) is 3.15. The third-order valence-corrected chi connectivity index (χ3v) is 4.82. The van der Waals surface area contributed by atoms with Crippen molar-refractivity contribution in [3.8, 4) is 0 Å². The van der Waals surface area contributed by atoms with Crippen molar-refractivity contribution in [3.05, 3.63) is 59.9 Å². The molecule has 2 rings (SSSR count). The van der Waals surface area contributed by atoms with Gasteiger partial charge in [-0.3, -0.25) is 4.79 Å². The molecule has 0 aromatic heterocycles. The number of hydrogen-bond donors (Lipinski definition) is 2. The summed E-state index contributed by atoms with van der Waals surface area (Å²) in [6.07, 6.45) is 0. The highest BCUT2D eigenvalue weighted by molar-refractivity contribution is 7.89. The van der Waals surface area contributed by atoms with Crippen LogP contribution in [0.5, 0.6) is 0 Å². The van der Waals surface area contributed by atoms with Gasteiger partial charge in [-0.25, -0.2) is 17.5 Å². The number of halogens is 1. The van der Waals surface area contributed by atoms with Gasteiger partial charge in [0.25, 0.3) is 0 Å². The molecule has 24 heavy (non-hydrogen) atoms. The number of carbonyl (C=O) groups excluding carboxylic acids is 1. The fraction of sp³-hybridized carbons (Fsp3) is 0.235. The molecule has 2 aromatic rings. The minimum Gasteiger partial charge on any atom is -0.325 e. The van der Waals surface area contributed by atoms with Crippen molar-refractivity contribution < 1.29 is 17.6 Å². The predicted molar refractivity (Wildman–Crippen MR) is 90.7 cm³/mol. The van der Waals surface area contributed by atoms with Crippen molar-refractivity contribution >= 4 is 21.6 Å². The van der Waals surface area contributed by atoms with Gasteiger partial charge in [0.05, 0.1) is 11.4 Å². The molecule has 0 saturated heterocycles. The Kier molecular flexibility index (Phi) is 5.69. The number of carbonyl (C=O) groups is 1. The molecule has 0 atom stereocenters. The summed E-state index contributed by atoms with van der Waals surface area (Å²) in [5, 5.41) is 2.70. The van der Waals surface area contributed by atoms with Gasteiger partial charge >= 0.3 is 0 Å². The molecule has 0 aliphatic carbocycles. The second kappa shape index (κ2) is 7.55. The summed E-state index contributed by atoms with van der Waals surface area (Å²) in [5.41, 5.74) is 1.62. The van der Waals surface area contributed by atoms with Gasteiger partial charge < -0.3 is 5.32 Å². The Balaban J connectivity index is 2.02. The Morgan fingerprint density at radius 3 is 2.33 bits per heavy atom. The van der Waals surface area contributed by atoms with Crippen LogP contribution in [0.2, 0.25) is 0 Å². The SMILES string of the molecule is CC(C)c1ccccc1NC(=O)CNS(=O)(=O)c1ccc(F)cc1. The van der Waals surface area contributed by atoms with Crippen LogP contribution in [0.25, 0.3) is 0 Å². The zero-order valence-corrected chi connectivity index (χ0v) is 14.2. The molecule has 0 unspecified atom stereocenters. The van der Waals surface area contributed by atoms with Crippen LogP contribution in [-0.2, 0) is 14.8 Å². The van der Waals surface area contributed by atoms with Crippen molar-refractivity contribution in [3.63, 3.8) is 0 Å². The maximum Gasteiger partial charge on any atom is 0.241 e. The van der Waals surface area contributed by atoms with Gasteiger partial charge in [0.15, 0.2) is 0 Å². The van der Waals surface area contributed by atoms with E-state index in [4.69, 9.17) is 0 Å². The van der Waals surface area contributed by atoms with Crippen LogP contribution in [0.15, 0.2) is 53.4 Å². The number of sulfonamides is 1. The lowest BCUT2D eigenvalue weighted by Gasteiger charge is -2.14. The lowest BCUT2D eigenvalue weighted by atomic mass is 10.0. The highest BCUT2D eigenvalue weighted by atomic mass is 32.2. The molecule has 128 valence electrons. The van der Waals surface area contributed by atoms with Crippen molar-refractivity contribution in [1.29, 1.82) is 0 Å². The van der Waals surface area contributed by atoms with Gasteiger partial charge in [0.2, 0.25) is 15.9 Å². The van der Waals surface area contributed by atoms with Crippen LogP contribution in [-0.4, -0.2) is 20.9 Å². The summed E-state index contributed by atoms with van der Waals surface area (Å²) in [6, 6.07) is 11.7. The van der Waals surface area contributed by atoms with Gasteiger partial charge in [-0.2, -0.15) is 0 Å². The van der Waals surface area contributed by atoms with Gasteiger partial charge in [-0.1, -0.05) is 32.0 Å². The standard InChI is InChI=1S/C17H19FN2O3S/c1-12(2)15-5-3-4-6-16(15)20-17(21)11-19-24(22,23)14-9-7-13(18)8-10-14/h3-10,12,19H,11H2,1-2H3,(H,20,21). The Morgan fingerprint density at radius 1 is 1.08 bits per heavy atom. The molecular formula is C17H19FN2O3S. The average Bonchev–Trinajstić information content (AvgIpc) is 2.54. The summed E-state index contributed by atoms with van der Waals surface area (Å²) >= 11 is 0. The molecule has 0 fully saturated rings. The lowest BCUT2D eigenvalue weighted by molar-refractivity contribution is -0.115. The van der Waals surface area contributed by atoms with E-state index < -0.39 is 28.3 Å². The summed E-state index contributed by atoms with van der Waals surface area (Å²) < 4.78 is 39.2. The summed E-state index contributed by atoms with van der Waals surface area (Å²) in [4.78, 5) is 11.9. The molecule has 0 aliphatic rings. The zero-order valence-electron chi connectivity index (χ0n) is 13.4. The number of para-hydroxylation sites is 1. The number of anilines is 1. The first-order valence-corrected chi connectivity index (χ1v) is 8.92. The van der Waals surface area contributed by atoms with E-state index in [2.05, 4.69) is 10.0 Å². The zero-order chi connectivity index (χ0) is 17.7. The Labute approximate surface area is 141 Å². The van der Waals surface area contributed by atoms with Crippen molar-refractivity contribution in [2.45, 2.75) is 24.7 Å². The van der Waals surface area contributed by atoms with Crippen molar-refractivity contribution in [2.75, 3.05) is 11.9 Å². The molecule has 0 saturated carbocycles. The smallest absolute Gasteiger partial charge is 0.241 e. The topological polar surface area (TPSA) is 75.3 Å². The molecule has 1 amide bonds. The quantitative estimate of drug-likeness (QED) is 0.841. The number of benzene rings is 2. The highest BCUT2D eigenvalue weighted by Gasteiger charge is 2.16.